The van der Waals surface area contributed by atoms with E-state index in [1.54, 1.807) is 0 Å². The van der Waals surface area contributed by atoms with Gasteiger partial charge in [-0.2, -0.15) is 0 Å². The Labute approximate surface area is 57.4 Å². The number of carbonyl (C=O) groups is 1. The first-order chi connectivity index (χ1) is 4.57. The zero-order valence-corrected chi connectivity index (χ0v) is 5.44. The lowest BCUT2D eigenvalue weighted by atomic mass is 10.5. The molecule has 10 heavy (non-hydrogen) atoms. The summed E-state index contributed by atoms with van der Waals surface area (Å²) in [6.45, 7) is 1.18. The SMILES string of the molecule is CC(=O)NC(=N)/C(F)=C\N. The number of nitrogens with two attached hydrogens (primary N) is 1. The molecule has 0 aliphatic carbocycles. The maximum Gasteiger partial charge on any atom is 0.222 e. The molecule has 0 heterocycles. The highest BCUT2D eigenvalue weighted by Gasteiger charge is 2.03. The topological polar surface area (TPSA) is 79.0 Å². The normalized spacial score (nSPS) is 10.8. The second-order valence-corrected chi connectivity index (χ2v) is 1.57. The van der Waals surface area contributed by atoms with Gasteiger partial charge in [-0.25, -0.2) is 4.39 Å². The lowest BCUT2D eigenvalue weighted by Gasteiger charge is -1.98. The van der Waals surface area contributed by atoms with Gasteiger partial charge in [-0.15, -0.1) is 0 Å². The molecule has 0 rings (SSSR count). The Hall–Kier alpha value is -1.39. The fourth-order valence-electron chi connectivity index (χ4n) is 0.319. The molecule has 0 fully saturated rings. The van der Waals surface area contributed by atoms with Crippen LogP contribution in [0.1, 0.15) is 6.92 Å². The van der Waals surface area contributed by atoms with E-state index in [2.05, 4.69) is 0 Å². The van der Waals surface area contributed by atoms with E-state index >= 15 is 0 Å². The van der Waals surface area contributed by atoms with E-state index in [0.717, 1.165) is 0 Å². The van der Waals surface area contributed by atoms with E-state index in [9.17, 15) is 9.18 Å². The lowest BCUT2D eigenvalue weighted by molar-refractivity contribution is -0.117. The monoisotopic (exact) mass is 145 g/mol. The Morgan fingerprint density at radius 2 is 2.30 bits per heavy atom. The van der Waals surface area contributed by atoms with E-state index in [1.165, 1.54) is 6.92 Å². The van der Waals surface area contributed by atoms with Crippen LogP contribution in [0.5, 0.6) is 0 Å². The summed E-state index contributed by atoms with van der Waals surface area (Å²) in [7, 11) is 0. The van der Waals surface area contributed by atoms with Crippen LogP contribution in [-0.4, -0.2) is 11.7 Å². The van der Waals surface area contributed by atoms with E-state index in [1.807, 2.05) is 5.32 Å². The number of nitrogens with one attached hydrogen (secondary N) is 2. The van der Waals surface area contributed by atoms with Crippen molar-refractivity contribution in [1.82, 2.24) is 5.32 Å². The molecule has 0 saturated carbocycles. The Bertz CT molecular complexity index is 187. The molecule has 4 nitrogen and oxygen atoms in total. The van der Waals surface area contributed by atoms with Crippen LogP contribution in [0, 0.1) is 5.41 Å². The largest absolute Gasteiger partial charge is 0.402 e. The Morgan fingerprint density at radius 3 is 2.60 bits per heavy atom. The van der Waals surface area contributed by atoms with Crippen molar-refractivity contribution in [2.75, 3.05) is 0 Å². The number of amides is 1. The molecule has 1 amide bonds. The molecule has 0 spiro atoms. The average molecular weight is 145 g/mol. The van der Waals surface area contributed by atoms with Gasteiger partial charge in [-0.1, -0.05) is 0 Å². The highest BCUT2D eigenvalue weighted by atomic mass is 19.1. The van der Waals surface area contributed by atoms with Gasteiger partial charge in [0.1, 0.15) is 0 Å². The minimum Gasteiger partial charge on any atom is -0.402 e. The summed E-state index contributed by atoms with van der Waals surface area (Å²) in [4.78, 5) is 10.2. The van der Waals surface area contributed by atoms with Crippen LogP contribution in [0.3, 0.4) is 0 Å². The summed E-state index contributed by atoms with van der Waals surface area (Å²) in [6, 6.07) is 0. The first-order valence-electron chi connectivity index (χ1n) is 2.52. The summed E-state index contributed by atoms with van der Waals surface area (Å²) >= 11 is 0. The molecule has 0 aliphatic rings. The summed E-state index contributed by atoms with van der Waals surface area (Å²) < 4.78 is 12.2. The highest BCUT2D eigenvalue weighted by molar-refractivity contribution is 6.03. The highest BCUT2D eigenvalue weighted by Crippen LogP contribution is 1.91. The third-order valence-corrected chi connectivity index (χ3v) is 0.686. The molecule has 0 aromatic rings. The van der Waals surface area contributed by atoms with Crippen molar-refractivity contribution in [2.24, 2.45) is 5.73 Å². The van der Waals surface area contributed by atoms with Crippen molar-refractivity contribution in [1.29, 1.82) is 5.41 Å². The maximum atomic E-state index is 12.2. The quantitative estimate of drug-likeness (QED) is 0.355. The van der Waals surface area contributed by atoms with Gasteiger partial charge >= 0.3 is 0 Å². The molecule has 56 valence electrons. The van der Waals surface area contributed by atoms with E-state index in [4.69, 9.17) is 11.1 Å². The van der Waals surface area contributed by atoms with Crippen LogP contribution in [0.25, 0.3) is 0 Å². The molecule has 0 aromatic carbocycles. The number of amidine groups is 1. The number of hydrogen-bond acceptors (Lipinski definition) is 3. The van der Waals surface area contributed by atoms with E-state index < -0.39 is 17.6 Å². The fraction of sp³-hybridized carbons (Fsp3) is 0.200. The van der Waals surface area contributed by atoms with Crippen molar-refractivity contribution in [2.45, 2.75) is 6.92 Å². The summed E-state index contributed by atoms with van der Waals surface area (Å²) in [5, 5.41) is 8.68. The van der Waals surface area contributed by atoms with Gasteiger partial charge in [0.25, 0.3) is 0 Å². The van der Waals surface area contributed by atoms with Crippen molar-refractivity contribution in [3.05, 3.63) is 12.0 Å². The fourth-order valence-corrected chi connectivity index (χ4v) is 0.319. The zero-order valence-electron chi connectivity index (χ0n) is 5.44. The van der Waals surface area contributed by atoms with Gasteiger partial charge in [-0.05, 0) is 0 Å². The minimum absolute atomic E-state index is 0.498. The van der Waals surface area contributed by atoms with Gasteiger partial charge in [0.05, 0.1) is 0 Å². The minimum atomic E-state index is -0.949. The van der Waals surface area contributed by atoms with Gasteiger partial charge in [0.15, 0.2) is 11.7 Å². The third kappa shape index (κ3) is 2.81. The number of rotatable bonds is 1. The third-order valence-electron chi connectivity index (χ3n) is 0.686. The lowest BCUT2D eigenvalue weighted by Crippen LogP contribution is -2.27. The van der Waals surface area contributed by atoms with E-state index in [-0.39, 0.29) is 0 Å². The maximum absolute atomic E-state index is 12.2. The van der Waals surface area contributed by atoms with Crippen molar-refractivity contribution >= 4 is 11.7 Å². The number of halogens is 1. The first-order valence-corrected chi connectivity index (χ1v) is 2.52. The molecule has 0 atom stereocenters. The second kappa shape index (κ2) is 3.60. The number of carbonyl (C=O) groups excluding carboxylic acids is 1. The predicted molar refractivity (Wildman–Crippen MR) is 34.9 cm³/mol. The van der Waals surface area contributed by atoms with Gasteiger partial charge in [0, 0.05) is 13.1 Å². The van der Waals surface area contributed by atoms with Crippen LogP contribution in [0.15, 0.2) is 12.0 Å². The predicted octanol–water partition coefficient (Wildman–Crippen LogP) is -0.131. The summed E-state index contributed by atoms with van der Waals surface area (Å²) in [6.07, 6.45) is 0.609. The smallest absolute Gasteiger partial charge is 0.222 e. The van der Waals surface area contributed by atoms with Crippen LogP contribution in [-0.2, 0) is 4.79 Å². The van der Waals surface area contributed by atoms with Gasteiger partial charge < -0.3 is 11.1 Å². The second-order valence-electron chi connectivity index (χ2n) is 1.57. The van der Waals surface area contributed by atoms with Crippen LogP contribution in [0.4, 0.5) is 4.39 Å². The summed E-state index contributed by atoms with van der Waals surface area (Å²) in [5.41, 5.74) is 4.72. The Balaban J connectivity index is 3.99. The summed E-state index contributed by atoms with van der Waals surface area (Å²) in [5.74, 6) is -2.06. The first kappa shape index (κ1) is 8.61. The van der Waals surface area contributed by atoms with E-state index in [0.29, 0.717) is 6.20 Å². The average Bonchev–Trinajstić information content (AvgIpc) is 1.85. The molecule has 0 unspecified atom stereocenters. The zero-order chi connectivity index (χ0) is 8.15. The van der Waals surface area contributed by atoms with Crippen molar-refractivity contribution < 1.29 is 9.18 Å². The van der Waals surface area contributed by atoms with Crippen molar-refractivity contribution in [3.63, 3.8) is 0 Å². The van der Waals surface area contributed by atoms with Crippen LogP contribution >= 0.6 is 0 Å². The molecule has 0 bridgehead atoms. The molecular formula is C5H8FN3O. The number of hydrogen-bond donors (Lipinski definition) is 3. The molecular weight excluding hydrogens is 137 g/mol. The molecule has 5 heteroatoms. The molecule has 0 aromatic heterocycles. The molecule has 0 aliphatic heterocycles. The Kier molecular flexibility index (Phi) is 3.10. The van der Waals surface area contributed by atoms with Gasteiger partial charge in [-0.3, -0.25) is 10.2 Å². The molecule has 0 saturated heterocycles. The molecule has 0 radical (unpaired) electrons. The van der Waals surface area contributed by atoms with Crippen molar-refractivity contribution in [3.8, 4) is 0 Å². The standard InChI is InChI=1S/C5H8FN3O/c1-3(10)9-5(8)4(6)2-7/h2H,7H2,1H3,(H2,8,9,10)/b4-2+. The Morgan fingerprint density at radius 1 is 1.80 bits per heavy atom. The van der Waals surface area contributed by atoms with Gasteiger partial charge in [0.2, 0.25) is 5.91 Å². The molecule has 4 N–H and O–H groups in total. The van der Waals surface area contributed by atoms with Crippen LogP contribution < -0.4 is 11.1 Å². The van der Waals surface area contributed by atoms with Crippen LogP contribution in [0.2, 0.25) is 0 Å².